The van der Waals surface area contributed by atoms with Gasteiger partial charge in [0, 0.05) is 33.1 Å². The molecule has 0 aliphatic carbocycles. The number of likely N-dealkylation sites (N-methyl/N-ethyl adjacent to an activating group) is 1. The standard InChI is InChI=1S/C10H18N3O2/c1-8(14)12-7-10(15)13(2)9-3-5-11-6-4-9/h9H,3-7H2,1-2H3,(H,12,14). The molecule has 5 heteroatoms. The van der Waals surface area contributed by atoms with Crippen molar-refractivity contribution in [3.8, 4) is 0 Å². The molecule has 1 aliphatic rings. The molecule has 0 spiro atoms. The van der Waals surface area contributed by atoms with Gasteiger partial charge in [-0.05, 0) is 12.8 Å². The number of rotatable bonds is 3. The van der Waals surface area contributed by atoms with Gasteiger partial charge < -0.3 is 10.2 Å². The first-order valence-electron chi connectivity index (χ1n) is 5.24. The highest BCUT2D eigenvalue weighted by Gasteiger charge is 2.21. The van der Waals surface area contributed by atoms with E-state index in [9.17, 15) is 9.59 Å². The molecule has 1 aliphatic heterocycles. The van der Waals surface area contributed by atoms with Gasteiger partial charge in [0.15, 0.2) is 0 Å². The number of carbonyl (C=O) groups excluding carboxylic acids is 2. The maximum absolute atomic E-state index is 11.6. The van der Waals surface area contributed by atoms with Gasteiger partial charge in [-0.3, -0.25) is 9.59 Å². The molecule has 2 amide bonds. The van der Waals surface area contributed by atoms with Crippen molar-refractivity contribution in [3.05, 3.63) is 0 Å². The van der Waals surface area contributed by atoms with Crippen LogP contribution in [0.15, 0.2) is 0 Å². The molecule has 15 heavy (non-hydrogen) atoms. The van der Waals surface area contributed by atoms with Crippen LogP contribution in [0.25, 0.3) is 0 Å². The van der Waals surface area contributed by atoms with E-state index in [2.05, 4.69) is 10.6 Å². The smallest absolute Gasteiger partial charge is 0.241 e. The van der Waals surface area contributed by atoms with E-state index in [0.717, 1.165) is 25.9 Å². The van der Waals surface area contributed by atoms with Crippen LogP contribution in [0.4, 0.5) is 0 Å². The lowest BCUT2D eigenvalue weighted by Gasteiger charge is -2.31. The molecule has 1 radical (unpaired) electrons. The molecule has 1 rings (SSSR count). The first-order chi connectivity index (χ1) is 7.11. The Morgan fingerprint density at radius 2 is 2.00 bits per heavy atom. The molecule has 1 saturated heterocycles. The maximum atomic E-state index is 11.6. The zero-order valence-corrected chi connectivity index (χ0v) is 9.32. The van der Waals surface area contributed by atoms with Crippen LogP contribution < -0.4 is 10.6 Å². The summed E-state index contributed by atoms with van der Waals surface area (Å²) < 4.78 is 0. The molecule has 1 fully saturated rings. The summed E-state index contributed by atoms with van der Waals surface area (Å²) in [7, 11) is 1.79. The molecule has 85 valence electrons. The molecule has 1 N–H and O–H groups in total. The molecule has 0 unspecified atom stereocenters. The summed E-state index contributed by atoms with van der Waals surface area (Å²) in [6.07, 6.45) is 1.87. The number of nitrogens with zero attached hydrogens (tertiary/aromatic N) is 2. The molecule has 0 aromatic heterocycles. The highest BCUT2D eigenvalue weighted by Crippen LogP contribution is 2.10. The zero-order chi connectivity index (χ0) is 11.3. The first kappa shape index (κ1) is 12.0. The predicted molar refractivity (Wildman–Crippen MR) is 56.3 cm³/mol. The van der Waals surface area contributed by atoms with E-state index in [1.807, 2.05) is 0 Å². The number of hydrogen-bond acceptors (Lipinski definition) is 2. The lowest BCUT2D eigenvalue weighted by molar-refractivity contribution is -0.133. The minimum Gasteiger partial charge on any atom is -0.347 e. The molecule has 0 saturated carbocycles. The van der Waals surface area contributed by atoms with Crippen molar-refractivity contribution in [1.82, 2.24) is 15.5 Å². The van der Waals surface area contributed by atoms with Gasteiger partial charge in [-0.25, -0.2) is 5.32 Å². The van der Waals surface area contributed by atoms with Crippen LogP contribution >= 0.6 is 0 Å². The first-order valence-corrected chi connectivity index (χ1v) is 5.24. The monoisotopic (exact) mass is 212 g/mol. The van der Waals surface area contributed by atoms with Gasteiger partial charge in [0.05, 0.1) is 6.54 Å². The Hall–Kier alpha value is -1.10. The van der Waals surface area contributed by atoms with E-state index in [1.165, 1.54) is 6.92 Å². The second-order valence-corrected chi connectivity index (χ2v) is 3.82. The lowest BCUT2D eigenvalue weighted by Crippen LogP contribution is -2.46. The van der Waals surface area contributed by atoms with Crippen molar-refractivity contribution in [1.29, 1.82) is 0 Å². The van der Waals surface area contributed by atoms with Crippen molar-refractivity contribution in [2.45, 2.75) is 25.8 Å². The van der Waals surface area contributed by atoms with Gasteiger partial charge in [0.25, 0.3) is 0 Å². The second-order valence-electron chi connectivity index (χ2n) is 3.82. The number of nitrogens with one attached hydrogen (secondary N) is 1. The Morgan fingerprint density at radius 1 is 1.40 bits per heavy atom. The summed E-state index contributed by atoms with van der Waals surface area (Å²) in [5.74, 6) is -0.201. The van der Waals surface area contributed by atoms with Crippen LogP contribution in [0, 0.1) is 0 Å². The highest BCUT2D eigenvalue weighted by atomic mass is 16.2. The van der Waals surface area contributed by atoms with E-state index in [0.29, 0.717) is 0 Å². The van der Waals surface area contributed by atoms with Crippen LogP contribution in [-0.2, 0) is 9.59 Å². The number of carbonyl (C=O) groups is 2. The van der Waals surface area contributed by atoms with Crippen LogP contribution in [-0.4, -0.2) is 49.4 Å². The van der Waals surface area contributed by atoms with Crippen molar-refractivity contribution in [3.63, 3.8) is 0 Å². The normalized spacial score (nSPS) is 17.2. The molecule has 0 aromatic carbocycles. The molecule has 1 heterocycles. The fourth-order valence-corrected chi connectivity index (χ4v) is 1.65. The van der Waals surface area contributed by atoms with E-state index in [4.69, 9.17) is 0 Å². The Labute approximate surface area is 90.2 Å². The average Bonchev–Trinajstić information content (AvgIpc) is 2.26. The summed E-state index contributed by atoms with van der Waals surface area (Å²) in [4.78, 5) is 24.0. The van der Waals surface area contributed by atoms with E-state index >= 15 is 0 Å². The Bertz CT molecular complexity index is 237. The third-order valence-electron chi connectivity index (χ3n) is 2.67. The van der Waals surface area contributed by atoms with Crippen molar-refractivity contribution in [2.24, 2.45) is 0 Å². The molecular formula is C10H18N3O2. The van der Waals surface area contributed by atoms with Gasteiger partial charge in [-0.2, -0.15) is 0 Å². The topological polar surface area (TPSA) is 63.5 Å². The van der Waals surface area contributed by atoms with Gasteiger partial charge >= 0.3 is 0 Å². The lowest BCUT2D eigenvalue weighted by atomic mass is 10.1. The molecule has 0 aromatic rings. The second kappa shape index (κ2) is 5.70. The van der Waals surface area contributed by atoms with Crippen LogP contribution in [0.3, 0.4) is 0 Å². The minimum atomic E-state index is -0.171. The van der Waals surface area contributed by atoms with Crippen LogP contribution in [0.5, 0.6) is 0 Å². The zero-order valence-electron chi connectivity index (χ0n) is 9.32. The summed E-state index contributed by atoms with van der Waals surface area (Å²) in [6.45, 7) is 3.18. The number of amides is 2. The van der Waals surface area contributed by atoms with Crippen LogP contribution in [0.1, 0.15) is 19.8 Å². The SMILES string of the molecule is CC(=O)NCC(=O)N(C)C1CC[N]CC1. The summed E-state index contributed by atoms with van der Waals surface area (Å²) in [5, 5.41) is 6.75. The largest absolute Gasteiger partial charge is 0.347 e. The van der Waals surface area contributed by atoms with Gasteiger partial charge in [-0.1, -0.05) is 0 Å². The fraction of sp³-hybridized carbons (Fsp3) is 0.800. The van der Waals surface area contributed by atoms with E-state index in [-0.39, 0.29) is 24.4 Å². The predicted octanol–water partition coefficient (Wildman–Crippen LogP) is -0.652. The third-order valence-corrected chi connectivity index (χ3v) is 2.67. The summed E-state index contributed by atoms with van der Waals surface area (Å²) in [5.41, 5.74) is 0. The molecule has 0 bridgehead atoms. The fourth-order valence-electron chi connectivity index (χ4n) is 1.65. The van der Waals surface area contributed by atoms with Crippen molar-refractivity contribution in [2.75, 3.05) is 26.7 Å². The number of hydrogen-bond donors (Lipinski definition) is 1. The molecule has 0 atom stereocenters. The van der Waals surface area contributed by atoms with E-state index < -0.39 is 0 Å². The summed E-state index contributed by atoms with van der Waals surface area (Å²) >= 11 is 0. The highest BCUT2D eigenvalue weighted by molar-refractivity contribution is 5.83. The van der Waals surface area contributed by atoms with E-state index in [1.54, 1.807) is 11.9 Å². The molecular weight excluding hydrogens is 194 g/mol. The Kier molecular flexibility index (Phi) is 4.55. The summed E-state index contributed by atoms with van der Waals surface area (Å²) in [6, 6.07) is 0.281. The molecule has 5 nitrogen and oxygen atoms in total. The Balaban J connectivity index is 2.33. The average molecular weight is 212 g/mol. The van der Waals surface area contributed by atoms with Crippen molar-refractivity contribution >= 4 is 11.8 Å². The number of piperidine rings is 1. The van der Waals surface area contributed by atoms with Crippen molar-refractivity contribution < 1.29 is 9.59 Å². The van der Waals surface area contributed by atoms with Gasteiger partial charge in [0.2, 0.25) is 11.8 Å². The van der Waals surface area contributed by atoms with Gasteiger partial charge in [0.1, 0.15) is 0 Å². The third kappa shape index (κ3) is 3.87. The Morgan fingerprint density at radius 3 is 2.53 bits per heavy atom. The minimum absolute atomic E-state index is 0.0305. The quantitative estimate of drug-likeness (QED) is 0.675. The van der Waals surface area contributed by atoms with Crippen LogP contribution in [0.2, 0.25) is 0 Å². The maximum Gasteiger partial charge on any atom is 0.241 e. The van der Waals surface area contributed by atoms with Gasteiger partial charge in [-0.15, -0.1) is 0 Å².